The summed E-state index contributed by atoms with van der Waals surface area (Å²) in [5, 5.41) is 13.8. The van der Waals surface area contributed by atoms with Crippen molar-refractivity contribution >= 4 is 39.9 Å². The van der Waals surface area contributed by atoms with Crippen molar-refractivity contribution in [2.45, 2.75) is 50.8 Å². The molecule has 2 heterocycles. The average Bonchev–Trinajstić information content (AvgIpc) is 3.38. The third kappa shape index (κ3) is 6.33. The van der Waals surface area contributed by atoms with Crippen molar-refractivity contribution in [3.8, 4) is 5.75 Å². The molecule has 0 aliphatic carbocycles. The Bertz CT molecular complexity index is 1050. The number of carbonyl (C=O) groups is 2. The van der Waals surface area contributed by atoms with Gasteiger partial charge in [0.05, 0.1) is 10.8 Å². The Balaban J connectivity index is 1.70. The predicted octanol–water partition coefficient (Wildman–Crippen LogP) is 4.18. The van der Waals surface area contributed by atoms with Crippen molar-refractivity contribution in [3.63, 3.8) is 0 Å². The molecule has 0 spiro atoms. The molecule has 0 bridgehead atoms. The molecule has 0 radical (unpaired) electrons. The SMILES string of the molecule is CC(C)CCn1c(COc2ccccc2)nnc1SC(C)C(=O)Nc1sccc1C(N)=O. The molecule has 0 aliphatic rings. The molecule has 10 heteroatoms. The van der Waals surface area contributed by atoms with Crippen LogP contribution < -0.4 is 15.8 Å². The van der Waals surface area contributed by atoms with Crippen LogP contribution in [0.4, 0.5) is 5.00 Å². The average molecular weight is 474 g/mol. The van der Waals surface area contributed by atoms with Gasteiger partial charge >= 0.3 is 0 Å². The molecule has 1 atom stereocenters. The number of hydrogen-bond donors (Lipinski definition) is 2. The molecule has 3 N–H and O–H groups in total. The summed E-state index contributed by atoms with van der Waals surface area (Å²) in [6.45, 7) is 7.12. The van der Waals surface area contributed by atoms with Crippen LogP contribution >= 0.6 is 23.1 Å². The standard InChI is InChI=1S/C22H27N5O3S2/c1-14(2)9-11-27-18(13-30-16-7-5-4-6-8-16)25-26-22(27)32-15(3)20(29)24-21-17(19(23)28)10-12-31-21/h4-8,10,12,14-15H,9,11,13H2,1-3H3,(H2,23,28)(H,24,29). The maximum absolute atomic E-state index is 12.7. The van der Waals surface area contributed by atoms with E-state index in [-0.39, 0.29) is 12.5 Å². The number of benzene rings is 1. The molecule has 32 heavy (non-hydrogen) atoms. The van der Waals surface area contributed by atoms with Crippen LogP contribution in [0.1, 0.15) is 43.4 Å². The highest BCUT2D eigenvalue weighted by atomic mass is 32.2. The molecule has 3 aromatic rings. The van der Waals surface area contributed by atoms with Gasteiger partial charge in [0.15, 0.2) is 11.0 Å². The van der Waals surface area contributed by atoms with Gasteiger partial charge in [0.25, 0.3) is 5.91 Å². The van der Waals surface area contributed by atoms with Gasteiger partial charge in [-0.1, -0.05) is 43.8 Å². The van der Waals surface area contributed by atoms with E-state index in [0.717, 1.165) is 18.7 Å². The number of amides is 2. The quantitative estimate of drug-likeness (QED) is 0.404. The molecule has 0 fully saturated rings. The Kier molecular flexibility index (Phi) is 8.29. The van der Waals surface area contributed by atoms with Gasteiger partial charge in [0.1, 0.15) is 17.4 Å². The van der Waals surface area contributed by atoms with Gasteiger partial charge in [0.2, 0.25) is 5.91 Å². The van der Waals surface area contributed by atoms with Crippen molar-refractivity contribution in [2.24, 2.45) is 11.7 Å². The first-order chi connectivity index (χ1) is 15.3. The molecule has 170 valence electrons. The second-order valence-electron chi connectivity index (χ2n) is 7.61. The summed E-state index contributed by atoms with van der Waals surface area (Å²) < 4.78 is 7.87. The van der Waals surface area contributed by atoms with Crippen molar-refractivity contribution in [3.05, 3.63) is 53.2 Å². The minimum Gasteiger partial charge on any atom is -0.486 e. The number of thioether (sulfide) groups is 1. The number of para-hydroxylation sites is 1. The highest BCUT2D eigenvalue weighted by molar-refractivity contribution is 8.00. The zero-order valence-corrected chi connectivity index (χ0v) is 19.9. The van der Waals surface area contributed by atoms with Gasteiger partial charge in [-0.15, -0.1) is 21.5 Å². The Labute approximate surface area is 195 Å². The summed E-state index contributed by atoms with van der Waals surface area (Å²) in [5.41, 5.74) is 5.67. The molecule has 3 rings (SSSR count). The summed E-state index contributed by atoms with van der Waals surface area (Å²) in [5.74, 6) is 1.16. The summed E-state index contributed by atoms with van der Waals surface area (Å²) in [7, 11) is 0. The number of anilines is 1. The van der Waals surface area contributed by atoms with E-state index in [1.807, 2.05) is 34.9 Å². The molecule has 0 saturated carbocycles. The minimum atomic E-state index is -0.571. The highest BCUT2D eigenvalue weighted by Gasteiger charge is 2.22. The fourth-order valence-corrected chi connectivity index (χ4v) is 4.50. The Morgan fingerprint density at radius 2 is 1.94 bits per heavy atom. The Morgan fingerprint density at radius 3 is 2.62 bits per heavy atom. The normalized spacial score (nSPS) is 12.0. The van der Waals surface area contributed by atoms with Crippen molar-refractivity contribution in [1.29, 1.82) is 0 Å². The number of hydrogen-bond acceptors (Lipinski definition) is 7. The molecule has 8 nitrogen and oxygen atoms in total. The van der Waals surface area contributed by atoms with Gasteiger partial charge in [-0.2, -0.15) is 0 Å². The van der Waals surface area contributed by atoms with E-state index < -0.39 is 11.2 Å². The number of thiophene rings is 1. The predicted molar refractivity (Wildman–Crippen MR) is 127 cm³/mol. The van der Waals surface area contributed by atoms with E-state index in [1.165, 1.54) is 23.1 Å². The van der Waals surface area contributed by atoms with Crippen LogP contribution in [0.25, 0.3) is 0 Å². The third-order valence-corrected chi connectivity index (χ3v) is 6.56. The van der Waals surface area contributed by atoms with E-state index in [0.29, 0.717) is 27.5 Å². The molecule has 0 aliphatic heterocycles. The third-order valence-electron chi connectivity index (χ3n) is 4.65. The second kappa shape index (κ2) is 11.1. The lowest BCUT2D eigenvalue weighted by Gasteiger charge is -2.15. The molecular weight excluding hydrogens is 446 g/mol. The van der Waals surface area contributed by atoms with Gasteiger partial charge < -0.3 is 20.4 Å². The maximum atomic E-state index is 12.7. The van der Waals surface area contributed by atoms with E-state index in [9.17, 15) is 9.59 Å². The number of nitrogens with one attached hydrogen (secondary N) is 1. The zero-order chi connectivity index (χ0) is 23.1. The lowest BCUT2D eigenvalue weighted by atomic mass is 10.1. The molecule has 1 aromatic carbocycles. The van der Waals surface area contributed by atoms with Gasteiger partial charge in [-0.05, 0) is 42.8 Å². The maximum Gasteiger partial charge on any atom is 0.251 e. The topological polar surface area (TPSA) is 112 Å². The number of nitrogens with two attached hydrogens (primary N) is 1. The minimum absolute atomic E-state index is 0.236. The lowest BCUT2D eigenvalue weighted by molar-refractivity contribution is -0.115. The molecular formula is C22H27N5O3S2. The van der Waals surface area contributed by atoms with Crippen LogP contribution in [0.3, 0.4) is 0 Å². The van der Waals surface area contributed by atoms with E-state index >= 15 is 0 Å². The van der Waals surface area contributed by atoms with Crippen LogP contribution in [0.15, 0.2) is 46.9 Å². The van der Waals surface area contributed by atoms with Crippen molar-refractivity contribution < 1.29 is 14.3 Å². The largest absolute Gasteiger partial charge is 0.486 e. The number of aromatic nitrogens is 3. The summed E-state index contributed by atoms with van der Waals surface area (Å²) in [6.07, 6.45) is 0.946. The first kappa shape index (κ1) is 23.8. The second-order valence-corrected chi connectivity index (χ2v) is 9.84. The number of rotatable bonds is 11. The Morgan fingerprint density at radius 1 is 1.19 bits per heavy atom. The van der Waals surface area contributed by atoms with Crippen LogP contribution in [0, 0.1) is 5.92 Å². The van der Waals surface area contributed by atoms with Crippen LogP contribution in [-0.4, -0.2) is 31.8 Å². The number of carbonyl (C=O) groups excluding carboxylic acids is 2. The summed E-state index contributed by atoms with van der Waals surface area (Å²) >= 11 is 2.58. The fraction of sp³-hybridized carbons (Fsp3) is 0.364. The molecule has 1 unspecified atom stereocenters. The van der Waals surface area contributed by atoms with E-state index in [1.54, 1.807) is 18.4 Å². The van der Waals surface area contributed by atoms with E-state index in [2.05, 4.69) is 29.4 Å². The Hall–Kier alpha value is -2.85. The first-order valence-electron chi connectivity index (χ1n) is 10.3. The highest BCUT2D eigenvalue weighted by Crippen LogP contribution is 2.27. The number of primary amides is 1. The van der Waals surface area contributed by atoms with Crippen molar-refractivity contribution in [2.75, 3.05) is 5.32 Å². The summed E-state index contributed by atoms with van der Waals surface area (Å²) in [6, 6.07) is 11.1. The molecule has 2 aromatic heterocycles. The van der Waals surface area contributed by atoms with Crippen LogP contribution in [0.2, 0.25) is 0 Å². The van der Waals surface area contributed by atoms with Crippen molar-refractivity contribution in [1.82, 2.24) is 14.8 Å². The lowest BCUT2D eigenvalue weighted by Crippen LogP contribution is -2.24. The van der Waals surface area contributed by atoms with Crippen LogP contribution in [-0.2, 0) is 17.9 Å². The monoisotopic (exact) mass is 473 g/mol. The molecule has 0 saturated heterocycles. The van der Waals surface area contributed by atoms with Crippen LogP contribution in [0.5, 0.6) is 5.75 Å². The van der Waals surface area contributed by atoms with E-state index in [4.69, 9.17) is 10.5 Å². The molecule has 2 amide bonds. The number of ether oxygens (including phenoxy) is 1. The van der Waals surface area contributed by atoms with Gasteiger partial charge in [-0.25, -0.2) is 0 Å². The zero-order valence-electron chi connectivity index (χ0n) is 18.3. The van der Waals surface area contributed by atoms with Gasteiger partial charge in [0, 0.05) is 6.54 Å². The smallest absolute Gasteiger partial charge is 0.251 e. The number of nitrogens with zero attached hydrogens (tertiary/aromatic N) is 3. The summed E-state index contributed by atoms with van der Waals surface area (Å²) in [4.78, 5) is 24.2. The first-order valence-corrected chi connectivity index (χ1v) is 12.1. The fourth-order valence-electron chi connectivity index (χ4n) is 2.81. The van der Waals surface area contributed by atoms with Gasteiger partial charge in [-0.3, -0.25) is 9.59 Å².